The van der Waals surface area contributed by atoms with E-state index in [1.807, 2.05) is 31.2 Å². The summed E-state index contributed by atoms with van der Waals surface area (Å²) in [5.41, 5.74) is 2.05. The van der Waals surface area contributed by atoms with Crippen LogP contribution in [0.2, 0.25) is 10.0 Å². The molecule has 144 valence electrons. The molecule has 3 aromatic rings. The van der Waals surface area contributed by atoms with E-state index in [4.69, 9.17) is 23.2 Å². The Bertz CT molecular complexity index is 974. The van der Waals surface area contributed by atoms with E-state index in [-0.39, 0.29) is 29.1 Å². The number of carbonyl (C=O) groups excluding carboxylic acids is 2. The van der Waals surface area contributed by atoms with Crippen LogP contribution in [0.15, 0.2) is 55.1 Å². The van der Waals surface area contributed by atoms with Gasteiger partial charge in [0.2, 0.25) is 5.91 Å². The van der Waals surface area contributed by atoms with Crippen LogP contribution in [-0.2, 0) is 4.79 Å². The molecule has 0 aliphatic heterocycles. The summed E-state index contributed by atoms with van der Waals surface area (Å²) in [5.74, 6) is -0.757. The van der Waals surface area contributed by atoms with E-state index in [0.717, 1.165) is 11.3 Å². The summed E-state index contributed by atoms with van der Waals surface area (Å²) < 4.78 is 1.64. The number of hydrogen-bond acceptors (Lipinski definition) is 4. The number of nitrogens with zero attached hydrogens (tertiary/aromatic N) is 3. The van der Waals surface area contributed by atoms with Crippen molar-refractivity contribution in [1.29, 1.82) is 0 Å². The number of rotatable bonds is 6. The van der Waals surface area contributed by atoms with Gasteiger partial charge in [0.1, 0.15) is 12.7 Å². The molecule has 2 N–H and O–H groups in total. The highest BCUT2D eigenvalue weighted by Crippen LogP contribution is 2.20. The lowest BCUT2D eigenvalue weighted by molar-refractivity contribution is -0.120. The second kappa shape index (κ2) is 8.86. The van der Waals surface area contributed by atoms with E-state index in [1.165, 1.54) is 18.5 Å². The summed E-state index contributed by atoms with van der Waals surface area (Å²) in [7, 11) is 0. The van der Waals surface area contributed by atoms with Crippen molar-refractivity contribution < 1.29 is 9.59 Å². The lowest BCUT2D eigenvalue weighted by Crippen LogP contribution is -2.38. The first kappa shape index (κ1) is 19.9. The number of nitrogens with one attached hydrogen (secondary N) is 2. The van der Waals surface area contributed by atoms with E-state index in [1.54, 1.807) is 17.1 Å². The van der Waals surface area contributed by atoms with Crippen molar-refractivity contribution >= 4 is 35.0 Å². The molecule has 0 spiro atoms. The van der Waals surface area contributed by atoms with Crippen molar-refractivity contribution in [3.05, 3.63) is 76.3 Å². The molecule has 1 atom stereocenters. The average molecular weight is 418 g/mol. The third-order valence-electron chi connectivity index (χ3n) is 4.04. The fraction of sp³-hybridized carbons (Fsp3) is 0.158. The minimum absolute atomic E-state index is 0.167. The van der Waals surface area contributed by atoms with Gasteiger partial charge in [0, 0.05) is 5.02 Å². The van der Waals surface area contributed by atoms with Gasteiger partial charge in [-0.1, -0.05) is 35.3 Å². The highest BCUT2D eigenvalue weighted by molar-refractivity contribution is 6.36. The first-order valence-corrected chi connectivity index (χ1v) is 9.17. The summed E-state index contributed by atoms with van der Waals surface area (Å²) in [4.78, 5) is 28.2. The van der Waals surface area contributed by atoms with Crippen molar-refractivity contribution in [2.45, 2.75) is 13.0 Å². The third-order valence-corrected chi connectivity index (χ3v) is 4.59. The molecule has 0 saturated heterocycles. The van der Waals surface area contributed by atoms with Crippen LogP contribution in [0.4, 0.5) is 0 Å². The van der Waals surface area contributed by atoms with Gasteiger partial charge < -0.3 is 10.6 Å². The predicted octanol–water partition coefficient (Wildman–Crippen LogP) is 3.18. The Morgan fingerprint density at radius 1 is 1.14 bits per heavy atom. The Morgan fingerprint density at radius 3 is 2.54 bits per heavy atom. The fourth-order valence-electron chi connectivity index (χ4n) is 2.56. The van der Waals surface area contributed by atoms with Crippen molar-refractivity contribution in [2.75, 3.05) is 6.54 Å². The summed E-state index contributed by atoms with van der Waals surface area (Å²) in [5, 5.41) is 10.1. The quantitative estimate of drug-likeness (QED) is 0.644. The zero-order valence-electron chi connectivity index (χ0n) is 14.9. The zero-order chi connectivity index (χ0) is 20.1. The second-order valence-corrected chi connectivity index (χ2v) is 6.87. The Hall–Kier alpha value is -2.90. The summed E-state index contributed by atoms with van der Waals surface area (Å²) in [6.45, 7) is 1.69. The van der Waals surface area contributed by atoms with Gasteiger partial charge in [0.15, 0.2) is 0 Å². The zero-order valence-corrected chi connectivity index (χ0v) is 16.4. The van der Waals surface area contributed by atoms with E-state index in [2.05, 4.69) is 20.7 Å². The molecule has 0 radical (unpaired) electrons. The normalized spacial score (nSPS) is 11.7. The minimum atomic E-state index is -0.443. The maximum atomic E-state index is 12.2. The number of amides is 2. The van der Waals surface area contributed by atoms with Gasteiger partial charge in [-0.3, -0.25) is 9.59 Å². The topological polar surface area (TPSA) is 88.9 Å². The van der Waals surface area contributed by atoms with Crippen molar-refractivity contribution in [1.82, 2.24) is 25.4 Å². The summed E-state index contributed by atoms with van der Waals surface area (Å²) >= 11 is 11.8. The van der Waals surface area contributed by atoms with Crippen molar-refractivity contribution in [3.8, 4) is 5.69 Å². The molecule has 2 aromatic carbocycles. The number of carbonyl (C=O) groups is 2. The van der Waals surface area contributed by atoms with Gasteiger partial charge in [-0.25, -0.2) is 9.67 Å². The van der Waals surface area contributed by atoms with Crippen LogP contribution in [0.25, 0.3) is 5.69 Å². The number of aromatic nitrogens is 3. The molecule has 9 heteroatoms. The van der Waals surface area contributed by atoms with E-state index >= 15 is 0 Å². The van der Waals surface area contributed by atoms with Crippen LogP contribution in [0.5, 0.6) is 0 Å². The van der Waals surface area contributed by atoms with Crippen molar-refractivity contribution in [3.63, 3.8) is 0 Å². The average Bonchev–Trinajstić information content (AvgIpc) is 3.21. The molecule has 0 bridgehead atoms. The first-order valence-electron chi connectivity index (χ1n) is 8.41. The number of halogens is 2. The van der Waals surface area contributed by atoms with Crippen LogP contribution >= 0.6 is 23.2 Å². The summed E-state index contributed by atoms with van der Waals surface area (Å²) in [6.07, 6.45) is 3.07. The highest BCUT2D eigenvalue weighted by atomic mass is 35.5. The highest BCUT2D eigenvalue weighted by Gasteiger charge is 2.14. The van der Waals surface area contributed by atoms with E-state index < -0.39 is 5.91 Å². The maximum Gasteiger partial charge on any atom is 0.253 e. The standard InChI is InChI=1S/C19H17Cl2N5O2/c1-12(13-2-5-15(6-3-13)26-11-22-10-24-26)25-18(27)9-23-19(28)16-7-4-14(20)8-17(16)21/h2-8,10-12H,9H2,1H3,(H,23,28)(H,25,27). The van der Waals surface area contributed by atoms with Crippen LogP contribution in [0.3, 0.4) is 0 Å². The largest absolute Gasteiger partial charge is 0.348 e. The minimum Gasteiger partial charge on any atom is -0.348 e. The molecule has 1 heterocycles. The maximum absolute atomic E-state index is 12.2. The van der Waals surface area contributed by atoms with Gasteiger partial charge in [-0.15, -0.1) is 0 Å². The van der Waals surface area contributed by atoms with Crippen LogP contribution < -0.4 is 10.6 Å². The van der Waals surface area contributed by atoms with Gasteiger partial charge in [-0.2, -0.15) is 5.10 Å². The number of hydrogen-bond donors (Lipinski definition) is 2. The molecule has 2 amide bonds. The molecule has 7 nitrogen and oxygen atoms in total. The molecule has 1 aromatic heterocycles. The molecule has 3 rings (SSSR count). The van der Waals surface area contributed by atoms with E-state index in [9.17, 15) is 9.59 Å². The molecule has 1 unspecified atom stereocenters. The SMILES string of the molecule is CC(NC(=O)CNC(=O)c1ccc(Cl)cc1Cl)c1ccc(-n2cncn2)cc1. The van der Waals surface area contributed by atoms with Crippen LogP contribution in [0, 0.1) is 0 Å². The van der Waals surface area contributed by atoms with Gasteiger partial charge in [-0.05, 0) is 42.8 Å². The third kappa shape index (κ3) is 4.88. The molecule has 0 saturated carbocycles. The lowest BCUT2D eigenvalue weighted by Gasteiger charge is -2.15. The van der Waals surface area contributed by atoms with Crippen molar-refractivity contribution in [2.24, 2.45) is 0 Å². The van der Waals surface area contributed by atoms with Gasteiger partial charge in [0.05, 0.1) is 28.9 Å². The Kier molecular flexibility index (Phi) is 6.28. The molecular weight excluding hydrogens is 401 g/mol. The van der Waals surface area contributed by atoms with Crippen LogP contribution in [-0.4, -0.2) is 33.1 Å². The Balaban J connectivity index is 1.53. The smallest absolute Gasteiger partial charge is 0.253 e. The van der Waals surface area contributed by atoms with Gasteiger partial charge in [0.25, 0.3) is 5.91 Å². The van der Waals surface area contributed by atoms with Gasteiger partial charge >= 0.3 is 0 Å². The van der Waals surface area contributed by atoms with E-state index in [0.29, 0.717) is 5.02 Å². The predicted molar refractivity (Wildman–Crippen MR) is 107 cm³/mol. The first-order chi connectivity index (χ1) is 13.4. The molecule has 28 heavy (non-hydrogen) atoms. The Morgan fingerprint density at radius 2 is 1.89 bits per heavy atom. The lowest BCUT2D eigenvalue weighted by atomic mass is 10.1. The summed E-state index contributed by atoms with van der Waals surface area (Å²) in [6, 6.07) is 11.9. The molecule has 0 fully saturated rings. The van der Waals surface area contributed by atoms with Crippen LogP contribution in [0.1, 0.15) is 28.9 Å². The molecular formula is C19H17Cl2N5O2. The molecule has 0 aliphatic rings. The Labute approximate surface area is 171 Å². The monoisotopic (exact) mass is 417 g/mol. The number of benzene rings is 2. The molecule has 0 aliphatic carbocycles. The fourth-order valence-corrected chi connectivity index (χ4v) is 3.06. The second-order valence-electron chi connectivity index (χ2n) is 6.03.